The van der Waals surface area contributed by atoms with Crippen molar-refractivity contribution in [2.45, 2.75) is 64.6 Å². The summed E-state index contributed by atoms with van der Waals surface area (Å²) in [7, 11) is 0. The zero-order valence-electron chi connectivity index (χ0n) is 12.9. The first-order valence-corrected chi connectivity index (χ1v) is 7.87. The Morgan fingerprint density at radius 2 is 1.90 bits per heavy atom. The molecule has 1 N–H and O–H groups in total. The normalized spacial score (nSPS) is 27.4. The summed E-state index contributed by atoms with van der Waals surface area (Å²) in [5.74, 6) is -0.0761. The van der Waals surface area contributed by atoms with Crippen molar-refractivity contribution >= 4 is 11.8 Å². The van der Waals surface area contributed by atoms with E-state index in [1.807, 2.05) is 13.8 Å². The van der Waals surface area contributed by atoms with E-state index in [-0.39, 0.29) is 29.9 Å². The fraction of sp³-hybridized carbons (Fsp3) is 0.867. The second-order valence-corrected chi connectivity index (χ2v) is 6.19. The summed E-state index contributed by atoms with van der Waals surface area (Å²) < 4.78 is 0. The third-order valence-corrected chi connectivity index (χ3v) is 4.43. The lowest BCUT2D eigenvalue weighted by molar-refractivity contribution is -0.141. The number of carbonyl (C=O) groups is 2. The predicted octanol–water partition coefficient (Wildman–Crippen LogP) is 0.986. The van der Waals surface area contributed by atoms with Gasteiger partial charge in [-0.1, -0.05) is 6.92 Å². The number of likely N-dealkylation sites (tertiary alicyclic amines) is 2. The van der Waals surface area contributed by atoms with Crippen LogP contribution in [0.4, 0.5) is 0 Å². The lowest BCUT2D eigenvalue weighted by Crippen LogP contribution is -2.48. The Morgan fingerprint density at radius 1 is 1.25 bits per heavy atom. The van der Waals surface area contributed by atoms with Gasteiger partial charge in [-0.25, -0.2) is 0 Å². The quantitative estimate of drug-likeness (QED) is 0.738. The van der Waals surface area contributed by atoms with Crippen LogP contribution >= 0.6 is 0 Å². The molecule has 0 aliphatic carbocycles. The number of hydrogen-bond donors (Lipinski definition) is 1. The molecule has 2 aliphatic heterocycles. The van der Waals surface area contributed by atoms with Crippen LogP contribution in [0.25, 0.3) is 0 Å². The van der Waals surface area contributed by atoms with Gasteiger partial charge in [0.1, 0.15) is 0 Å². The van der Waals surface area contributed by atoms with E-state index in [0.29, 0.717) is 6.42 Å². The van der Waals surface area contributed by atoms with Crippen molar-refractivity contribution in [1.29, 1.82) is 0 Å². The third-order valence-electron chi connectivity index (χ3n) is 4.43. The highest BCUT2D eigenvalue weighted by Gasteiger charge is 2.40. The fourth-order valence-electron chi connectivity index (χ4n) is 3.18. The van der Waals surface area contributed by atoms with Crippen LogP contribution in [0.5, 0.6) is 0 Å². The van der Waals surface area contributed by atoms with Crippen molar-refractivity contribution in [3.05, 3.63) is 0 Å². The van der Waals surface area contributed by atoms with Gasteiger partial charge in [0.05, 0.1) is 12.5 Å². The van der Waals surface area contributed by atoms with Crippen LogP contribution in [-0.4, -0.2) is 59.4 Å². The van der Waals surface area contributed by atoms with E-state index in [1.165, 1.54) is 17.7 Å². The Balaban J connectivity index is 1.86. The van der Waals surface area contributed by atoms with E-state index in [9.17, 15) is 9.59 Å². The molecule has 3 atom stereocenters. The molecular weight excluding hydrogens is 254 g/mol. The highest BCUT2D eigenvalue weighted by molar-refractivity contribution is 6.05. The average Bonchev–Trinajstić information content (AvgIpc) is 2.98. The van der Waals surface area contributed by atoms with Gasteiger partial charge in [-0.15, -0.1) is 0 Å². The molecule has 114 valence electrons. The molecule has 2 amide bonds. The molecular formula is C15H27N3O2. The first-order valence-electron chi connectivity index (χ1n) is 7.87. The Labute approximate surface area is 121 Å². The lowest BCUT2D eigenvalue weighted by Gasteiger charge is -2.25. The minimum absolute atomic E-state index is 0.00990. The third kappa shape index (κ3) is 3.38. The van der Waals surface area contributed by atoms with Gasteiger partial charge in [-0.05, 0) is 46.2 Å². The van der Waals surface area contributed by atoms with Gasteiger partial charge < -0.3 is 10.2 Å². The van der Waals surface area contributed by atoms with Gasteiger partial charge in [0.25, 0.3) is 0 Å². The maximum atomic E-state index is 12.3. The second kappa shape index (κ2) is 6.68. The summed E-state index contributed by atoms with van der Waals surface area (Å²) >= 11 is 0. The minimum Gasteiger partial charge on any atom is -0.302 e. The minimum atomic E-state index is -0.325. The zero-order chi connectivity index (χ0) is 14.7. The van der Waals surface area contributed by atoms with Crippen molar-refractivity contribution in [3.63, 3.8) is 0 Å². The highest BCUT2D eigenvalue weighted by atomic mass is 16.2. The van der Waals surface area contributed by atoms with Crippen molar-refractivity contribution in [2.24, 2.45) is 0 Å². The Bertz CT molecular complexity index is 366. The molecule has 3 unspecified atom stereocenters. The lowest BCUT2D eigenvalue weighted by atomic mass is 10.2. The summed E-state index contributed by atoms with van der Waals surface area (Å²) in [4.78, 5) is 28.2. The van der Waals surface area contributed by atoms with Crippen molar-refractivity contribution in [3.8, 4) is 0 Å². The predicted molar refractivity (Wildman–Crippen MR) is 78.3 cm³/mol. The first kappa shape index (κ1) is 15.4. The molecule has 0 aromatic carbocycles. The standard InChI is InChI=1S/C15H27N3O2/c1-4-12(3)18-14(19)9-13(15(18)20)16-11(2)10-17-7-5-6-8-17/h11-13,16H,4-10H2,1-3H3. The smallest absolute Gasteiger partial charge is 0.247 e. The number of amides is 2. The van der Waals surface area contributed by atoms with Crippen molar-refractivity contribution in [2.75, 3.05) is 19.6 Å². The number of hydrogen-bond acceptors (Lipinski definition) is 4. The Kier molecular flexibility index (Phi) is 5.16. The van der Waals surface area contributed by atoms with E-state index in [2.05, 4.69) is 17.1 Å². The van der Waals surface area contributed by atoms with E-state index in [4.69, 9.17) is 0 Å². The number of nitrogens with one attached hydrogen (secondary N) is 1. The van der Waals surface area contributed by atoms with Gasteiger partial charge in [-0.3, -0.25) is 14.5 Å². The number of rotatable bonds is 6. The topological polar surface area (TPSA) is 52.7 Å². The zero-order valence-corrected chi connectivity index (χ0v) is 12.9. The maximum Gasteiger partial charge on any atom is 0.247 e. The number of carbonyl (C=O) groups excluding carboxylic acids is 2. The van der Waals surface area contributed by atoms with Gasteiger partial charge >= 0.3 is 0 Å². The molecule has 0 saturated carbocycles. The molecule has 2 rings (SSSR count). The summed E-state index contributed by atoms with van der Waals surface area (Å²) in [6.45, 7) is 9.31. The van der Waals surface area contributed by atoms with Crippen molar-refractivity contribution in [1.82, 2.24) is 15.1 Å². The Hall–Kier alpha value is -0.940. The number of imide groups is 1. The summed E-state index contributed by atoms with van der Waals surface area (Å²) in [5, 5.41) is 3.34. The molecule has 5 heteroatoms. The number of nitrogens with zero attached hydrogens (tertiary/aromatic N) is 2. The molecule has 0 bridgehead atoms. The van der Waals surface area contributed by atoms with Crippen LogP contribution in [0.1, 0.15) is 46.5 Å². The summed E-state index contributed by atoms with van der Waals surface area (Å²) in [6.07, 6.45) is 3.67. The van der Waals surface area contributed by atoms with Crippen LogP contribution in [0, 0.1) is 0 Å². The van der Waals surface area contributed by atoms with E-state index in [1.54, 1.807) is 0 Å². The van der Waals surface area contributed by atoms with Crippen molar-refractivity contribution < 1.29 is 9.59 Å². The fourth-order valence-corrected chi connectivity index (χ4v) is 3.18. The highest BCUT2D eigenvalue weighted by Crippen LogP contribution is 2.18. The van der Waals surface area contributed by atoms with Crippen LogP contribution in [0.15, 0.2) is 0 Å². The van der Waals surface area contributed by atoms with Crippen LogP contribution in [0.2, 0.25) is 0 Å². The monoisotopic (exact) mass is 281 g/mol. The van der Waals surface area contributed by atoms with Gasteiger partial charge in [-0.2, -0.15) is 0 Å². The molecule has 2 aliphatic rings. The van der Waals surface area contributed by atoms with E-state index in [0.717, 1.165) is 26.1 Å². The van der Waals surface area contributed by atoms with Gasteiger partial charge in [0, 0.05) is 18.6 Å². The second-order valence-electron chi connectivity index (χ2n) is 6.19. The average molecular weight is 281 g/mol. The van der Waals surface area contributed by atoms with Crippen LogP contribution in [0.3, 0.4) is 0 Å². The van der Waals surface area contributed by atoms with Crippen LogP contribution < -0.4 is 5.32 Å². The van der Waals surface area contributed by atoms with Crippen LogP contribution in [-0.2, 0) is 9.59 Å². The molecule has 0 spiro atoms. The first-order chi connectivity index (χ1) is 9.52. The molecule has 2 saturated heterocycles. The Morgan fingerprint density at radius 3 is 2.50 bits per heavy atom. The summed E-state index contributed by atoms with van der Waals surface area (Å²) in [5.41, 5.74) is 0. The largest absolute Gasteiger partial charge is 0.302 e. The molecule has 2 heterocycles. The summed E-state index contributed by atoms with van der Waals surface area (Å²) in [6, 6.07) is -0.0727. The molecule has 0 aromatic rings. The molecule has 0 aromatic heterocycles. The maximum absolute atomic E-state index is 12.3. The molecule has 5 nitrogen and oxygen atoms in total. The SMILES string of the molecule is CCC(C)N1C(=O)CC(NC(C)CN2CCCC2)C1=O. The van der Waals surface area contributed by atoms with E-state index < -0.39 is 0 Å². The van der Waals surface area contributed by atoms with E-state index >= 15 is 0 Å². The van der Waals surface area contributed by atoms with Gasteiger partial charge in [0.15, 0.2) is 0 Å². The van der Waals surface area contributed by atoms with Gasteiger partial charge in [0.2, 0.25) is 11.8 Å². The molecule has 20 heavy (non-hydrogen) atoms. The molecule has 2 fully saturated rings. The molecule has 0 radical (unpaired) electrons.